The Morgan fingerprint density at radius 2 is 1.83 bits per heavy atom. The van der Waals surface area contributed by atoms with E-state index in [1.165, 1.54) is 45.4 Å². The molecule has 36 heavy (non-hydrogen) atoms. The molecule has 0 unspecified atom stereocenters. The van der Waals surface area contributed by atoms with Gasteiger partial charge in [-0.2, -0.15) is 0 Å². The van der Waals surface area contributed by atoms with Gasteiger partial charge in [0.15, 0.2) is 11.4 Å². The second-order valence-corrected chi connectivity index (χ2v) is 9.19. The van der Waals surface area contributed by atoms with Crippen LogP contribution in [0.4, 0.5) is 4.39 Å². The Bertz CT molecular complexity index is 1120. The van der Waals surface area contributed by atoms with E-state index in [4.69, 9.17) is 14.2 Å². The minimum Gasteiger partial charge on any atom is -0.493 e. The summed E-state index contributed by atoms with van der Waals surface area (Å²) in [5, 5.41) is 2.56. The lowest BCUT2D eigenvalue weighted by Gasteiger charge is -2.31. The van der Waals surface area contributed by atoms with Crippen LogP contribution in [0.1, 0.15) is 74.0 Å². The summed E-state index contributed by atoms with van der Waals surface area (Å²) in [5.41, 5.74) is 1.59. The second kappa shape index (κ2) is 12.0. The van der Waals surface area contributed by atoms with Gasteiger partial charge in [-0.05, 0) is 62.8 Å². The van der Waals surface area contributed by atoms with Crippen molar-refractivity contribution < 1.29 is 33.0 Å². The average molecular weight is 501 g/mol. The minimum absolute atomic E-state index is 0.0874. The molecular weight excluding hydrogens is 467 g/mol. The van der Waals surface area contributed by atoms with Gasteiger partial charge >= 0.3 is 11.9 Å². The fraction of sp³-hybridized carbons (Fsp3) is 0.481. The Labute approximate surface area is 210 Å². The smallest absolute Gasteiger partial charge is 0.328 e. The van der Waals surface area contributed by atoms with E-state index in [0.29, 0.717) is 5.92 Å². The van der Waals surface area contributed by atoms with E-state index >= 15 is 0 Å². The normalized spacial score (nSPS) is 16.1. The van der Waals surface area contributed by atoms with Crippen LogP contribution < -0.4 is 14.8 Å². The van der Waals surface area contributed by atoms with Crippen LogP contribution in [0.2, 0.25) is 0 Å². The third-order valence-electron chi connectivity index (χ3n) is 6.56. The zero-order valence-electron chi connectivity index (χ0n) is 21.3. The molecule has 0 saturated heterocycles. The van der Waals surface area contributed by atoms with Crippen LogP contribution >= 0.6 is 0 Å². The number of amides is 1. The third kappa shape index (κ3) is 6.38. The molecule has 0 bridgehead atoms. The number of hydrogen-bond donors (Lipinski definition) is 1. The topological polar surface area (TPSA) is 104 Å². The number of carbonyl (C=O) groups is 3. The number of aryl methyl sites for hydroxylation is 1. The molecule has 0 aliphatic heterocycles. The Balaban J connectivity index is 1.75. The van der Waals surface area contributed by atoms with Crippen LogP contribution in [0.3, 0.4) is 0 Å². The van der Waals surface area contributed by atoms with Crippen LogP contribution in [0, 0.1) is 18.7 Å². The summed E-state index contributed by atoms with van der Waals surface area (Å²) < 4.78 is 29.9. The number of hydrogen-bond acceptors (Lipinski definition) is 7. The summed E-state index contributed by atoms with van der Waals surface area (Å²) in [5.74, 6) is -2.04. The maximum absolute atomic E-state index is 13.7. The summed E-state index contributed by atoms with van der Waals surface area (Å²) in [7, 11) is 1.37. The number of pyridine rings is 1. The van der Waals surface area contributed by atoms with Crippen molar-refractivity contribution in [1.29, 1.82) is 0 Å². The molecule has 1 aromatic carbocycles. The van der Waals surface area contributed by atoms with Crippen LogP contribution in [0.25, 0.3) is 0 Å². The van der Waals surface area contributed by atoms with Crippen molar-refractivity contribution in [2.75, 3.05) is 7.11 Å². The van der Waals surface area contributed by atoms with Crippen molar-refractivity contribution in [3.8, 4) is 11.5 Å². The highest BCUT2D eigenvalue weighted by atomic mass is 19.1. The standard InChI is InChI=1S/C27H33FN2O6/c1-15-14-20(28)10-11-21(15)23(19-8-6-7-9-19)17(3)35-27(33)16(2)30-26(32)24-25(36-18(4)31)22(34-5)12-13-29-24/h10-14,16-17,19,23H,6-9H2,1-5H3,(H,30,32)/t16-,17-,23+/m0/s1. The number of ether oxygens (including phenoxy) is 3. The van der Waals surface area contributed by atoms with Gasteiger partial charge in [-0.15, -0.1) is 0 Å². The summed E-state index contributed by atoms with van der Waals surface area (Å²) in [6.07, 6.45) is 5.07. The van der Waals surface area contributed by atoms with Gasteiger partial charge in [0, 0.05) is 25.1 Å². The monoisotopic (exact) mass is 500 g/mol. The lowest BCUT2D eigenvalue weighted by molar-refractivity contribution is -0.151. The maximum atomic E-state index is 13.7. The zero-order chi connectivity index (χ0) is 26.4. The maximum Gasteiger partial charge on any atom is 0.328 e. The Kier molecular flexibility index (Phi) is 9.01. The number of nitrogens with zero attached hydrogens (tertiary/aromatic N) is 1. The quantitative estimate of drug-likeness (QED) is 0.506. The molecule has 1 N–H and O–H groups in total. The molecular formula is C27H33FN2O6. The largest absolute Gasteiger partial charge is 0.493 e. The SMILES string of the molecule is COc1ccnc(C(=O)N[C@@H](C)C(=O)O[C@@H](C)[C@@H](c2ccc(F)cc2C)C2CCCC2)c1OC(C)=O. The molecule has 1 heterocycles. The van der Waals surface area contributed by atoms with Gasteiger partial charge in [0.25, 0.3) is 5.91 Å². The summed E-state index contributed by atoms with van der Waals surface area (Å²) in [4.78, 5) is 41.4. The van der Waals surface area contributed by atoms with Crippen LogP contribution in [0.5, 0.6) is 11.5 Å². The molecule has 1 amide bonds. The first kappa shape index (κ1) is 27.1. The Hall–Kier alpha value is -3.49. The summed E-state index contributed by atoms with van der Waals surface area (Å²) in [6, 6.07) is 5.15. The van der Waals surface area contributed by atoms with Crippen LogP contribution in [0.15, 0.2) is 30.5 Å². The van der Waals surface area contributed by atoms with Gasteiger partial charge in [-0.1, -0.05) is 18.9 Å². The predicted molar refractivity (Wildman–Crippen MR) is 130 cm³/mol. The number of esters is 2. The fourth-order valence-corrected chi connectivity index (χ4v) is 4.90. The Morgan fingerprint density at radius 1 is 1.14 bits per heavy atom. The van der Waals surface area contributed by atoms with E-state index < -0.39 is 30.0 Å². The number of rotatable bonds is 9. The van der Waals surface area contributed by atoms with Crippen molar-refractivity contribution in [1.82, 2.24) is 10.3 Å². The molecule has 1 aliphatic rings. The van der Waals surface area contributed by atoms with Crippen LogP contribution in [-0.2, 0) is 14.3 Å². The summed E-state index contributed by atoms with van der Waals surface area (Å²) in [6.45, 7) is 6.39. The van der Waals surface area contributed by atoms with Crippen LogP contribution in [-0.4, -0.2) is 42.1 Å². The highest BCUT2D eigenvalue weighted by Crippen LogP contribution is 2.41. The van der Waals surface area contributed by atoms with Crippen molar-refractivity contribution in [2.45, 2.75) is 71.4 Å². The van der Waals surface area contributed by atoms with E-state index in [-0.39, 0.29) is 28.9 Å². The highest BCUT2D eigenvalue weighted by molar-refractivity contribution is 5.98. The van der Waals surface area contributed by atoms with E-state index in [1.807, 2.05) is 13.8 Å². The van der Waals surface area contributed by atoms with Crippen molar-refractivity contribution in [2.24, 2.45) is 5.92 Å². The van der Waals surface area contributed by atoms with Gasteiger partial charge in [-0.25, -0.2) is 14.2 Å². The predicted octanol–water partition coefficient (Wildman–Crippen LogP) is 4.49. The summed E-state index contributed by atoms with van der Waals surface area (Å²) >= 11 is 0. The number of carbonyl (C=O) groups excluding carboxylic acids is 3. The lowest BCUT2D eigenvalue weighted by atomic mass is 9.79. The molecule has 2 aromatic rings. The fourth-order valence-electron chi connectivity index (χ4n) is 4.90. The van der Waals surface area contributed by atoms with E-state index in [0.717, 1.165) is 36.8 Å². The Morgan fingerprint density at radius 3 is 2.44 bits per heavy atom. The second-order valence-electron chi connectivity index (χ2n) is 9.19. The number of aromatic nitrogens is 1. The first-order valence-corrected chi connectivity index (χ1v) is 12.1. The van der Waals surface area contributed by atoms with E-state index in [2.05, 4.69) is 10.3 Å². The molecule has 1 aliphatic carbocycles. The number of benzene rings is 1. The van der Waals surface area contributed by atoms with E-state index in [1.54, 1.807) is 6.07 Å². The van der Waals surface area contributed by atoms with E-state index in [9.17, 15) is 18.8 Å². The molecule has 194 valence electrons. The van der Waals surface area contributed by atoms with Gasteiger partial charge in [0.2, 0.25) is 5.75 Å². The van der Waals surface area contributed by atoms with Crippen molar-refractivity contribution >= 4 is 17.8 Å². The van der Waals surface area contributed by atoms with Crippen molar-refractivity contribution in [3.63, 3.8) is 0 Å². The molecule has 1 aromatic heterocycles. The minimum atomic E-state index is -1.00. The number of methoxy groups -OCH3 is 1. The number of nitrogens with one attached hydrogen (secondary N) is 1. The molecule has 1 saturated carbocycles. The van der Waals surface area contributed by atoms with Gasteiger partial charge in [-0.3, -0.25) is 9.59 Å². The molecule has 1 fully saturated rings. The zero-order valence-corrected chi connectivity index (χ0v) is 21.3. The molecule has 8 nitrogen and oxygen atoms in total. The molecule has 9 heteroatoms. The van der Waals surface area contributed by atoms with Gasteiger partial charge < -0.3 is 19.5 Å². The third-order valence-corrected chi connectivity index (χ3v) is 6.56. The average Bonchev–Trinajstić information content (AvgIpc) is 3.34. The first-order chi connectivity index (χ1) is 17.1. The molecule has 3 atom stereocenters. The van der Waals surface area contributed by atoms with Gasteiger partial charge in [0.05, 0.1) is 7.11 Å². The molecule has 3 rings (SSSR count). The molecule has 0 radical (unpaired) electrons. The van der Waals surface area contributed by atoms with Gasteiger partial charge in [0.1, 0.15) is 18.0 Å². The highest BCUT2D eigenvalue weighted by Gasteiger charge is 2.35. The first-order valence-electron chi connectivity index (χ1n) is 12.1. The lowest BCUT2D eigenvalue weighted by Crippen LogP contribution is -2.42. The van der Waals surface area contributed by atoms with Crippen molar-refractivity contribution in [3.05, 3.63) is 53.1 Å². The number of halogens is 1. The molecule has 0 spiro atoms.